The Morgan fingerprint density at radius 3 is 1.60 bits per heavy atom. The molecule has 0 N–H and O–H groups in total. The van der Waals surface area contributed by atoms with E-state index in [0.717, 1.165) is 9.30 Å². The molecule has 0 aliphatic rings. The Labute approximate surface area is 53.1 Å². The fourth-order valence-corrected chi connectivity index (χ4v) is 2.76. The van der Waals surface area contributed by atoms with Crippen molar-refractivity contribution < 1.29 is 0 Å². The van der Waals surface area contributed by atoms with Gasteiger partial charge in [0.1, 0.15) is 0 Å². The molecule has 3 heteroatoms. The van der Waals surface area contributed by atoms with E-state index < -0.39 is 0 Å². The molecule has 5 heavy (non-hydrogen) atoms. The van der Waals surface area contributed by atoms with Crippen LogP contribution >= 0.6 is 11.8 Å². The summed E-state index contributed by atoms with van der Waals surface area (Å²) in [4.78, 5) is 0. The molecule has 0 spiro atoms. The second-order valence-corrected chi connectivity index (χ2v) is 4.29. The summed E-state index contributed by atoms with van der Waals surface area (Å²) in [6, 6.07) is 0. The first-order valence-electron chi connectivity index (χ1n) is 1.15. The van der Waals surface area contributed by atoms with Crippen LogP contribution in [0.15, 0.2) is 0 Å². The van der Waals surface area contributed by atoms with Crippen LogP contribution in [0.1, 0.15) is 0 Å². The summed E-state index contributed by atoms with van der Waals surface area (Å²) >= 11 is 7.62. The van der Waals surface area contributed by atoms with Gasteiger partial charge in [0.2, 0.25) is 0 Å². The molecule has 0 aliphatic heterocycles. The van der Waals surface area contributed by atoms with Crippen molar-refractivity contribution >= 4 is 43.8 Å². The minimum absolute atomic E-state index is 1.10. The molecule has 0 unspecified atom stereocenters. The summed E-state index contributed by atoms with van der Waals surface area (Å²) in [5, 5.41) is 0. The molecule has 0 aromatic carbocycles. The van der Waals surface area contributed by atoms with Gasteiger partial charge in [0.15, 0.2) is 0 Å². The third-order valence-corrected chi connectivity index (χ3v) is 2.60. The second-order valence-electron chi connectivity index (χ2n) is 0.440. The van der Waals surface area contributed by atoms with E-state index in [0.29, 0.717) is 0 Å². The van der Waals surface area contributed by atoms with E-state index in [2.05, 4.69) is 32.0 Å². The van der Waals surface area contributed by atoms with Crippen LogP contribution in [0.4, 0.5) is 0 Å². The summed E-state index contributed by atoms with van der Waals surface area (Å²) < 4.78 is 2.21. The van der Waals surface area contributed by atoms with Gasteiger partial charge in [-0.2, -0.15) is 0 Å². The molecule has 0 saturated carbocycles. The summed E-state index contributed by atoms with van der Waals surface area (Å²) in [5.74, 6) is 0. The van der Waals surface area contributed by atoms with E-state index in [4.69, 9.17) is 0 Å². The minimum atomic E-state index is 1.10. The van der Waals surface area contributed by atoms with E-state index in [9.17, 15) is 0 Å². The Balaban J connectivity index is 2.19. The Kier molecular flexibility index (Phi) is 6.89. The first-order chi connectivity index (χ1) is 2.41. The molecule has 0 fully saturated rings. The Morgan fingerprint density at radius 1 is 1.20 bits per heavy atom. The molecule has 2 radical (unpaired) electrons. The predicted molar refractivity (Wildman–Crippen MR) is 28.8 cm³/mol. The molecular weight excluding hydrogens is 214 g/mol. The molecule has 30 valence electrons. The maximum absolute atomic E-state index is 2.89. The molecule has 0 atom stereocenters. The fraction of sp³-hybridized carbons (Fsp3) is 1.00. The van der Waals surface area contributed by atoms with Gasteiger partial charge in [-0.1, -0.05) is 0 Å². The van der Waals surface area contributed by atoms with Gasteiger partial charge in [-0.15, -0.1) is 0 Å². The molecule has 0 nitrogen and oxygen atoms in total. The standard InChI is InChI=1S/C2H4SSe2/c4-1-3-2-5/h1-2H2. The van der Waals surface area contributed by atoms with E-state index in [1.54, 1.807) is 0 Å². The van der Waals surface area contributed by atoms with Crippen LogP contribution in [0.25, 0.3) is 0 Å². The van der Waals surface area contributed by atoms with Gasteiger partial charge in [-0.05, 0) is 0 Å². The maximum atomic E-state index is 2.89. The summed E-state index contributed by atoms with van der Waals surface area (Å²) in [7, 11) is 0. The molecule has 0 saturated heterocycles. The van der Waals surface area contributed by atoms with Crippen molar-refractivity contribution in [3.05, 3.63) is 0 Å². The zero-order valence-electron chi connectivity index (χ0n) is 2.64. The van der Waals surface area contributed by atoms with Crippen LogP contribution in [0.5, 0.6) is 0 Å². The number of hydrogen-bond acceptors (Lipinski definition) is 1. The van der Waals surface area contributed by atoms with Gasteiger partial charge < -0.3 is 0 Å². The molecule has 0 aliphatic carbocycles. The van der Waals surface area contributed by atoms with E-state index >= 15 is 0 Å². The van der Waals surface area contributed by atoms with Crippen LogP contribution in [0, 0.1) is 0 Å². The van der Waals surface area contributed by atoms with Crippen molar-refractivity contribution in [2.45, 2.75) is 0 Å². The van der Waals surface area contributed by atoms with Gasteiger partial charge in [0, 0.05) is 0 Å². The number of thioether (sulfide) groups is 1. The molecular formula is C2H4SSe2. The van der Waals surface area contributed by atoms with Crippen molar-refractivity contribution in [1.82, 2.24) is 0 Å². The first kappa shape index (κ1) is 6.39. The Hall–Kier alpha value is 1.39. The van der Waals surface area contributed by atoms with Gasteiger partial charge in [-0.25, -0.2) is 0 Å². The zero-order chi connectivity index (χ0) is 4.12. The SMILES string of the molecule is [Se]CSC[Se]. The van der Waals surface area contributed by atoms with Crippen molar-refractivity contribution in [2.75, 3.05) is 9.30 Å². The van der Waals surface area contributed by atoms with Crippen molar-refractivity contribution in [2.24, 2.45) is 0 Å². The number of hydrogen-bond donors (Lipinski definition) is 0. The van der Waals surface area contributed by atoms with Crippen LogP contribution < -0.4 is 0 Å². The fourth-order valence-electron chi connectivity index (χ4n) is 0.0340. The van der Waals surface area contributed by atoms with Gasteiger partial charge in [0.25, 0.3) is 0 Å². The van der Waals surface area contributed by atoms with Crippen LogP contribution in [-0.4, -0.2) is 41.3 Å². The van der Waals surface area contributed by atoms with E-state index in [-0.39, 0.29) is 0 Å². The van der Waals surface area contributed by atoms with Crippen LogP contribution in [0.3, 0.4) is 0 Å². The van der Waals surface area contributed by atoms with Gasteiger partial charge in [0.05, 0.1) is 0 Å². The average Bonchev–Trinajstić information content (AvgIpc) is 1.41. The first-order valence-corrected chi connectivity index (χ1v) is 4.73. The average molecular weight is 218 g/mol. The molecule has 0 rings (SSSR count). The molecule has 0 aromatic rings. The van der Waals surface area contributed by atoms with Crippen molar-refractivity contribution in [3.63, 3.8) is 0 Å². The van der Waals surface area contributed by atoms with Crippen molar-refractivity contribution in [1.29, 1.82) is 0 Å². The summed E-state index contributed by atoms with van der Waals surface area (Å²) in [6.07, 6.45) is 0. The topological polar surface area (TPSA) is 0 Å². The monoisotopic (exact) mass is 220 g/mol. The van der Waals surface area contributed by atoms with Gasteiger partial charge in [-0.3, -0.25) is 0 Å². The van der Waals surface area contributed by atoms with E-state index in [1.165, 1.54) is 0 Å². The quantitative estimate of drug-likeness (QED) is 0.586. The Bertz CT molecular complexity index is 15.1. The summed E-state index contributed by atoms with van der Waals surface area (Å²) in [5.41, 5.74) is 0. The van der Waals surface area contributed by atoms with Crippen LogP contribution in [0.2, 0.25) is 0 Å². The summed E-state index contributed by atoms with van der Waals surface area (Å²) in [6.45, 7) is 0. The molecule has 0 heterocycles. The zero-order valence-corrected chi connectivity index (χ0v) is 6.88. The normalized spacial score (nSPS) is 8.40. The van der Waals surface area contributed by atoms with Crippen LogP contribution in [-0.2, 0) is 0 Å². The van der Waals surface area contributed by atoms with E-state index in [1.807, 2.05) is 11.8 Å². The third kappa shape index (κ3) is 5.39. The second kappa shape index (κ2) is 5.39. The number of rotatable bonds is 2. The third-order valence-electron chi connectivity index (χ3n) is 0.167. The van der Waals surface area contributed by atoms with Crippen molar-refractivity contribution in [3.8, 4) is 0 Å². The molecule has 0 amide bonds. The predicted octanol–water partition coefficient (Wildman–Crippen LogP) is -0.0284. The van der Waals surface area contributed by atoms with Gasteiger partial charge >= 0.3 is 53.1 Å². The Morgan fingerprint density at radius 2 is 1.60 bits per heavy atom. The molecule has 0 bridgehead atoms. The molecule has 0 aromatic heterocycles.